The molecule has 0 spiro atoms. The molecule has 0 radical (unpaired) electrons. The maximum Gasteiger partial charge on any atom is 0.219 e. The second-order valence-electron chi connectivity index (χ2n) is 2.36. The largest absolute Gasteiger partial charge is 0.479 e. The maximum atomic E-state index is 5.26. The van der Waals surface area contributed by atoms with Gasteiger partial charge in [-0.05, 0) is 25.1 Å². The quantitative estimate of drug-likeness (QED) is 0.525. The lowest BCUT2D eigenvalue weighted by atomic mass is 10.2. The molecule has 0 aromatic rings. The summed E-state index contributed by atoms with van der Waals surface area (Å²) in [6.45, 7) is 0.825. The third-order valence-electron chi connectivity index (χ3n) is 1.48. The molecular weight excluding hydrogens is 164 g/mol. The summed E-state index contributed by atoms with van der Waals surface area (Å²) in [5.74, 6) is 1.14. The van der Waals surface area contributed by atoms with Gasteiger partial charge in [0.1, 0.15) is 0 Å². The molecule has 0 aliphatic carbocycles. The fraction of sp³-hybridized carbons (Fsp3) is 0.857. The molecule has 1 aliphatic rings. The van der Waals surface area contributed by atoms with Gasteiger partial charge in [-0.3, -0.25) is 0 Å². The summed E-state index contributed by atoms with van der Waals surface area (Å²) < 4.78 is 6.00. The molecule has 0 amide bonds. The summed E-state index contributed by atoms with van der Waals surface area (Å²) in [6.07, 6.45) is 5.08. The smallest absolute Gasteiger partial charge is 0.219 e. The van der Waals surface area contributed by atoms with Gasteiger partial charge in [-0.1, -0.05) is 24.6 Å². The van der Waals surface area contributed by atoms with Gasteiger partial charge >= 0.3 is 0 Å². The van der Waals surface area contributed by atoms with E-state index in [1.165, 1.54) is 25.7 Å². The van der Waals surface area contributed by atoms with E-state index in [1.807, 2.05) is 0 Å². The van der Waals surface area contributed by atoms with Crippen molar-refractivity contribution in [2.75, 3.05) is 12.4 Å². The molecule has 0 saturated carbocycles. The summed E-state index contributed by atoms with van der Waals surface area (Å²) in [5, 5.41) is 0. The summed E-state index contributed by atoms with van der Waals surface area (Å²) in [5.41, 5.74) is 0. The van der Waals surface area contributed by atoms with Crippen LogP contribution in [0.15, 0.2) is 0 Å². The van der Waals surface area contributed by atoms with E-state index in [0.29, 0.717) is 0 Å². The Bertz CT molecular complexity index is 102. The molecule has 1 fully saturated rings. The van der Waals surface area contributed by atoms with Crippen molar-refractivity contribution in [1.82, 2.24) is 0 Å². The summed E-state index contributed by atoms with van der Waals surface area (Å²) in [4.78, 5) is 0. The molecular formula is C7H12OS2. The molecule has 1 heterocycles. The van der Waals surface area contributed by atoms with E-state index in [1.54, 1.807) is 11.8 Å². The van der Waals surface area contributed by atoms with Gasteiger partial charge in [0.05, 0.1) is 6.61 Å². The van der Waals surface area contributed by atoms with Gasteiger partial charge in [-0.25, -0.2) is 0 Å². The predicted octanol–water partition coefficient (Wildman–Crippen LogP) is 2.60. The van der Waals surface area contributed by atoms with Crippen LogP contribution < -0.4 is 0 Å². The average Bonchev–Trinajstić information content (AvgIpc) is 2.02. The van der Waals surface area contributed by atoms with Crippen molar-refractivity contribution >= 4 is 28.4 Å². The van der Waals surface area contributed by atoms with E-state index >= 15 is 0 Å². The van der Waals surface area contributed by atoms with E-state index < -0.39 is 0 Å². The average molecular weight is 176 g/mol. The molecule has 0 unspecified atom stereocenters. The van der Waals surface area contributed by atoms with Crippen molar-refractivity contribution in [3.63, 3.8) is 0 Å². The maximum absolute atomic E-state index is 5.26. The van der Waals surface area contributed by atoms with Crippen LogP contribution in [0.2, 0.25) is 0 Å². The monoisotopic (exact) mass is 176 g/mol. The third-order valence-corrected chi connectivity index (χ3v) is 2.80. The molecule has 1 aliphatic heterocycles. The molecule has 58 valence electrons. The van der Waals surface area contributed by atoms with Crippen molar-refractivity contribution in [3.8, 4) is 0 Å². The van der Waals surface area contributed by atoms with Crippen LogP contribution in [0, 0.1) is 0 Å². The van der Waals surface area contributed by atoms with Crippen molar-refractivity contribution < 1.29 is 4.74 Å². The normalized spacial score (nSPS) is 22.2. The molecule has 0 bridgehead atoms. The highest BCUT2D eigenvalue weighted by Gasteiger charge is 2.01. The molecule has 0 aromatic heterocycles. The molecule has 10 heavy (non-hydrogen) atoms. The molecule has 1 saturated heterocycles. The zero-order chi connectivity index (χ0) is 7.23. The fourth-order valence-corrected chi connectivity index (χ4v) is 1.93. The van der Waals surface area contributed by atoms with Crippen molar-refractivity contribution in [2.24, 2.45) is 0 Å². The fourth-order valence-electron chi connectivity index (χ4n) is 0.910. The minimum Gasteiger partial charge on any atom is -0.479 e. The van der Waals surface area contributed by atoms with Crippen LogP contribution in [-0.4, -0.2) is 16.7 Å². The summed E-state index contributed by atoms with van der Waals surface area (Å²) in [7, 11) is 0. The number of ether oxygens (including phenoxy) is 1. The van der Waals surface area contributed by atoms with Gasteiger partial charge in [-0.15, -0.1) is 0 Å². The first-order valence-corrected chi connectivity index (χ1v) is 5.08. The van der Waals surface area contributed by atoms with Crippen molar-refractivity contribution in [3.05, 3.63) is 0 Å². The Hall–Kier alpha value is 0.240. The predicted molar refractivity (Wildman–Crippen MR) is 49.5 cm³/mol. The third kappa shape index (κ3) is 3.42. The van der Waals surface area contributed by atoms with Crippen molar-refractivity contribution in [1.29, 1.82) is 0 Å². The van der Waals surface area contributed by atoms with Gasteiger partial charge in [-0.2, -0.15) is 0 Å². The van der Waals surface area contributed by atoms with Crippen LogP contribution in [0.5, 0.6) is 0 Å². The lowest BCUT2D eigenvalue weighted by Gasteiger charge is -2.01. The molecule has 0 aromatic carbocycles. The van der Waals surface area contributed by atoms with Crippen LogP contribution in [0.1, 0.15) is 25.7 Å². The van der Waals surface area contributed by atoms with Gasteiger partial charge in [0.25, 0.3) is 0 Å². The van der Waals surface area contributed by atoms with E-state index in [4.69, 9.17) is 17.0 Å². The number of rotatable bonds is 0. The SMILES string of the molecule is S=C1OCCCCCCS1. The number of hydrogen-bond acceptors (Lipinski definition) is 3. The zero-order valence-electron chi connectivity index (χ0n) is 5.97. The number of hydrogen-bond donors (Lipinski definition) is 0. The van der Waals surface area contributed by atoms with Gasteiger partial charge in [0.2, 0.25) is 4.38 Å². The van der Waals surface area contributed by atoms with Crippen LogP contribution in [0.3, 0.4) is 0 Å². The Balaban J connectivity index is 2.21. The highest BCUT2D eigenvalue weighted by atomic mass is 32.2. The van der Waals surface area contributed by atoms with E-state index in [0.717, 1.165) is 16.7 Å². The first-order chi connectivity index (χ1) is 4.89. The van der Waals surface area contributed by atoms with Crippen molar-refractivity contribution in [2.45, 2.75) is 25.7 Å². The molecule has 3 heteroatoms. The van der Waals surface area contributed by atoms with Crippen LogP contribution >= 0.6 is 24.0 Å². The molecule has 1 rings (SSSR count). The Morgan fingerprint density at radius 3 is 2.90 bits per heavy atom. The molecule has 1 nitrogen and oxygen atoms in total. The van der Waals surface area contributed by atoms with E-state index in [-0.39, 0.29) is 0 Å². The van der Waals surface area contributed by atoms with Crippen LogP contribution in [0.25, 0.3) is 0 Å². The van der Waals surface area contributed by atoms with Crippen LogP contribution in [0.4, 0.5) is 0 Å². The van der Waals surface area contributed by atoms with Gasteiger partial charge < -0.3 is 4.74 Å². The van der Waals surface area contributed by atoms with Crippen LogP contribution in [-0.2, 0) is 4.74 Å². The molecule has 0 N–H and O–H groups in total. The lowest BCUT2D eigenvalue weighted by Crippen LogP contribution is -1.97. The number of thiocarbonyl (C=S) groups is 1. The van der Waals surface area contributed by atoms with E-state index in [2.05, 4.69) is 0 Å². The Morgan fingerprint density at radius 1 is 1.20 bits per heavy atom. The molecule has 0 atom stereocenters. The lowest BCUT2D eigenvalue weighted by molar-refractivity contribution is 0.310. The first kappa shape index (κ1) is 8.34. The highest BCUT2D eigenvalue weighted by Crippen LogP contribution is 2.13. The Kier molecular flexibility index (Phi) is 4.14. The Morgan fingerprint density at radius 2 is 2.00 bits per heavy atom. The highest BCUT2D eigenvalue weighted by molar-refractivity contribution is 8.22. The summed E-state index contributed by atoms with van der Waals surface area (Å²) >= 11 is 6.63. The second kappa shape index (κ2) is 4.97. The standard InChI is InChI=1S/C7H12OS2/c9-7-8-5-3-1-2-4-6-10-7/h1-6H2. The van der Waals surface area contributed by atoms with E-state index in [9.17, 15) is 0 Å². The Labute approximate surface area is 71.5 Å². The van der Waals surface area contributed by atoms with Gasteiger partial charge in [0.15, 0.2) is 0 Å². The minimum atomic E-state index is 0.738. The second-order valence-corrected chi connectivity index (χ2v) is 4.06. The minimum absolute atomic E-state index is 0.738. The van der Waals surface area contributed by atoms with Gasteiger partial charge in [0, 0.05) is 5.75 Å². The summed E-state index contributed by atoms with van der Waals surface area (Å²) in [6, 6.07) is 0. The zero-order valence-corrected chi connectivity index (χ0v) is 7.60. The topological polar surface area (TPSA) is 9.23 Å². The number of thioether (sulfide) groups is 1. The first-order valence-electron chi connectivity index (χ1n) is 3.69.